The van der Waals surface area contributed by atoms with Gasteiger partial charge in [0, 0.05) is 36.6 Å². The van der Waals surface area contributed by atoms with Crippen LogP contribution in [-0.2, 0) is 11.3 Å². The highest BCUT2D eigenvalue weighted by Gasteiger charge is 2.05. The summed E-state index contributed by atoms with van der Waals surface area (Å²) in [6.07, 6.45) is 1.36. The van der Waals surface area contributed by atoms with Crippen molar-refractivity contribution >= 4 is 23.3 Å². The van der Waals surface area contributed by atoms with Gasteiger partial charge in [-0.2, -0.15) is 0 Å². The van der Waals surface area contributed by atoms with Crippen LogP contribution >= 0.6 is 11.6 Å². The topological polar surface area (TPSA) is 99.7 Å². The van der Waals surface area contributed by atoms with E-state index in [2.05, 4.69) is 15.8 Å². The molecule has 1 aromatic rings. The lowest BCUT2D eigenvalue weighted by Gasteiger charge is -2.08. The smallest absolute Gasteiger partial charge is 0.221 e. The fourth-order valence-corrected chi connectivity index (χ4v) is 1.93. The molecule has 1 amide bonds. The average Bonchev–Trinajstić information content (AvgIpc) is 2.49. The number of benzene rings is 1. The lowest BCUT2D eigenvalue weighted by atomic mass is 10.1. The third kappa shape index (κ3) is 6.01. The molecule has 7 heteroatoms. The first kappa shape index (κ1) is 17.3. The number of amidine groups is 1. The molecule has 6 nitrogen and oxygen atoms in total. The predicted octanol–water partition coefficient (Wildman–Crippen LogP) is 1.44. The van der Waals surface area contributed by atoms with Gasteiger partial charge in [-0.1, -0.05) is 35.8 Å². The van der Waals surface area contributed by atoms with Gasteiger partial charge in [0.15, 0.2) is 5.84 Å². The Kier molecular flexibility index (Phi) is 7.56. The third-order valence-electron chi connectivity index (χ3n) is 2.87. The molecule has 0 atom stereocenters. The highest BCUT2D eigenvalue weighted by Crippen LogP contribution is 2.17. The first-order valence-electron chi connectivity index (χ1n) is 6.82. The number of nitrogens with zero attached hydrogens (tertiary/aromatic N) is 1. The summed E-state index contributed by atoms with van der Waals surface area (Å²) in [6.45, 7) is 3.85. The minimum Gasteiger partial charge on any atom is -0.409 e. The number of carbonyl (C=O) groups excluding carboxylic acids is 1. The van der Waals surface area contributed by atoms with Gasteiger partial charge in [-0.05, 0) is 18.1 Å². The van der Waals surface area contributed by atoms with Gasteiger partial charge in [-0.3, -0.25) is 4.79 Å². The number of hydrogen-bond acceptors (Lipinski definition) is 4. The predicted molar refractivity (Wildman–Crippen MR) is 83.6 cm³/mol. The van der Waals surface area contributed by atoms with Crippen molar-refractivity contribution in [3.05, 3.63) is 34.3 Å². The van der Waals surface area contributed by atoms with E-state index in [4.69, 9.17) is 22.5 Å². The van der Waals surface area contributed by atoms with E-state index >= 15 is 0 Å². The Hall–Kier alpha value is -1.79. The first-order valence-corrected chi connectivity index (χ1v) is 7.20. The molecular formula is C14H21ClN4O2. The van der Waals surface area contributed by atoms with Crippen LogP contribution in [0.25, 0.3) is 0 Å². The van der Waals surface area contributed by atoms with Crippen molar-refractivity contribution in [2.24, 2.45) is 10.9 Å². The van der Waals surface area contributed by atoms with E-state index in [1.165, 1.54) is 0 Å². The van der Waals surface area contributed by atoms with Gasteiger partial charge in [-0.15, -0.1) is 0 Å². The molecule has 0 aliphatic heterocycles. The van der Waals surface area contributed by atoms with Gasteiger partial charge in [0.05, 0.1) is 0 Å². The molecule has 0 fully saturated rings. The summed E-state index contributed by atoms with van der Waals surface area (Å²) in [4.78, 5) is 11.4. The summed E-state index contributed by atoms with van der Waals surface area (Å²) in [7, 11) is 0. The van der Waals surface area contributed by atoms with Crippen molar-refractivity contribution in [1.29, 1.82) is 0 Å². The number of rotatable bonds is 8. The standard InChI is InChI=1S/C14H21ClN4O2/c1-2-6-18-13(20)5-7-17-9-11-4-3-10(8-12(11)15)14(16)19-21/h3-4,8,17,21H,2,5-7,9H2,1H3,(H2,16,19)(H,18,20). The van der Waals surface area contributed by atoms with Crippen LogP contribution in [0.5, 0.6) is 0 Å². The lowest BCUT2D eigenvalue weighted by molar-refractivity contribution is -0.120. The van der Waals surface area contributed by atoms with Crippen LogP contribution in [0.4, 0.5) is 0 Å². The molecule has 5 N–H and O–H groups in total. The quantitative estimate of drug-likeness (QED) is 0.192. The van der Waals surface area contributed by atoms with Crippen LogP contribution in [0.15, 0.2) is 23.4 Å². The van der Waals surface area contributed by atoms with Crippen LogP contribution in [0.1, 0.15) is 30.9 Å². The molecule has 0 heterocycles. The molecule has 21 heavy (non-hydrogen) atoms. The minimum atomic E-state index is 0.0176. The fraction of sp³-hybridized carbons (Fsp3) is 0.429. The van der Waals surface area contributed by atoms with Crippen LogP contribution in [-0.4, -0.2) is 30.0 Å². The summed E-state index contributed by atoms with van der Waals surface area (Å²) < 4.78 is 0. The second kappa shape index (κ2) is 9.20. The van der Waals surface area contributed by atoms with E-state index < -0.39 is 0 Å². The molecule has 0 saturated carbocycles. The van der Waals surface area contributed by atoms with Gasteiger partial charge in [-0.25, -0.2) is 0 Å². The van der Waals surface area contributed by atoms with E-state index in [-0.39, 0.29) is 11.7 Å². The zero-order chi connectivity index (χ0) is 15.7. The second-order valence-corrected chi connectivity index (χ2v) is 4.98. The van der Waals surface area contributed by atoms with Crippen LogP contribution in [0.2, 0.25) is 5.02 Å². The van der Waals surface area contributed by atoms with E-state index in [9.17, 15) is 4.79 Å². The van der Waals surface area contributed by atoms with E-state index in [1.807, 2.05) is 6.92 Å². The third-order valence-corrected chi connectivity index (χ3v) is 3.22. The maximum atomic E-state index is 11.4. The lowest BCUT2D eigenvalue weighted by Crippen LogP contribution is -2.28. The number of carbonyl (C=O) groups is 1. The summed E-state index contributed by atoms with van der Waals surface area (Å²) >= 11 is 6.13. The number of nitrogens with two attached hydrogens (primary N) is 1. The van der Waals surface area contributed by atoms with Crippen molar-refractivity contribution < 1.29 is 10.0 Å². The zero-order valence-corrected chi connectivity index (χ0v) is 12.8. The Morgan fingerprint density at radius 2 is 2.19 bits per heavy atom. The molecule has 116 valence electrons. The Bertz CT molecular complexity index is 506. The fourth-order valence-electron chi connectivity index (χ4n) is 1.69. The molecule has 0 bridgehead atoms. The SMILES string of the molecule is CCCNC(=O)CCNCc1ccc(/C(N)=N/O)cc1Cl. The van der Waals surface area contributed by atoms with Crippen molar-refractivity contribution in [2.75, 3.05) is 13.1 Å². The maximum absolute atomic E-state index is 11.4. The van der Waals surface area contributed by atoms with Gasteiger partial charge in [0.25, 0.3) is 0 Å². The molecule has 0 aliphatic rings. The molecular weight excluding hydrogens is 292 g/mol. The number of hydrogen-bond donors (Lipinski definition) is 4. The first-order chi connectivity index (χ1) is 10.1. The van der Waals surface area contributed by atoms with E-state index in [0.29, 0.717) is 36.6 Å². The number of nitrogens with one attached hydrogen (secondary N) is 2. The number of amides is 1. The summed E-state index contributed by atoms with van der Waals surface area (Å²) in [5.41, 5.74) is 6.94. The van der Waals surface area contributed by atoms with E-state index in [0.717, 1.165) is 12.0 Å². The molecule has 0 aliphatic carbocycles. The summed E-state index contributed by atoms with van der Waals surface area (Å²) in [5, 5.41) is 18.0. The average molecular weight is 313 g/mol. The molecule has 0 unspecified atom stereocenters. The maximum Gasteiger partial charge on any atom is 0.221 e. The largest absolute Gasteiger partial charge is 0.409 e. The number of halogens is 1. The van der Waals surface area contributed by atoms with Crippen molar-refractivity contribution in [2.45, 2.75) is 26.3 Å². The number of oxime groups is 1. The Balaban J connectivity index is 2.41. The normalized spacial score (nSPS) is 11.4. The van der Waals surface area contributed by atoms with Gasteiger partial charge in [0.2, 0.25) is 5.91 Å². The van der Waals surface area contributed by atoms with Gasteiger partial charge in [0.1, 0.15) is 0 Å². The zero-order valence-electron chi connectivity index (χ0n) is 12.0. The Morgan fingerprint density at radius 3 is 2.81 bits per heavy atom. The van der Waals surface area contributed by atoms with Gasteiger partial charge < -0.3 is 21.6 Å². The van der Waals surface area contributed by atoms with E-state index in [1.54, 1.807) is 18.2 Å². The molecule has 0 spiro atoms. The highest BCUT2D eigenvalue weighted by molar-refractivity contribution is 6.31. The molecule has 0 radical (unpaired) electrons. The van der Waals surface area contributed by atoms with Crippen molar-refractivity contribution in [3.8, 4) is 0 Å². The molecule has 1 aromatic carbocycles. The summed E-state index contributed by atoms with van der Waals surface area (Å²) in [6, 6.07) is 5.17. The van der Waals surface area contributed by atoms with Crippen molar-refractivity contribution in [3.63, 3.8) is 0 Å². The Labute approximate surface area is 129 Å². The van der Waals surface area contributed by atoms with Crippen LogP contribution in [0, 0.1) is 0 Å². The Morgan fingerprint density at radius 1 is 1.43 bits per heavy atom. The van der Waals surface area contributed by atoms with Crippen molar-refractivity contribution in [1.82, 2.24) is 10.6 Å². The molecule has 1 rings (SSSR count). The second-order valence-electron chi connectivity index (χ2n) is 4.57. The van der Waals surface area contributed by atoms with Gasteiger partial charge >= 0.3 is 0 Å². The highest BCUT2D eigenvalue weighted by atomic mass is 35.5. The monoisotopic (exact) mass is 312 g/mol. The molecule has 0 saturated heterocycles. The van der Waals surface area contributed by atoms with Crippen LogP contribution in [0.3, 0.4) is 0 Å². The molecule has 0 aromatic heterocycles. The minimum absolute atomic E-state index is 0.0176. The summed E-state index contributed by atoms with van der Waals surface area (Å²) in [5.74, 6) is 0.0572. The van der Waals surface area contributed by atoms with Crippen LogP contribution < -0.4 is 16.4 Å².